The van der Waals surface area contributed by atoms with E-state index in [-0.39, 0.29) is 30.6 Å². The van der Waals surface area contributed by atoms with Gasteiger partial charge in [-0.25, -0.2) is 0 Å². The maximum Gasteiger partial charge on any atom is 0.475 e. The van der Waals surface area contributed by atoms with Crippen LogP contribution >= 0.6 is 0 Å². The molecule has 0 aliphatic heterocycles. The monoisotopic (exact) mass is 693 g/mol. The highest BCUT2D eigenvalue weighted by molar-refractivity contribution is 6.43. The number of carbonyl (C=O) groups excluding carboxylic acids is 3. The molecule has 0 radical (unpaired) electrons. The molecule has 3 atom stereocenters. The Kier molecular flexibility index (Phi) is 14.6. The van der Waals surface area contributed by atoms with E-state index in [2.05, 4.69) is 16.0 Å². The zero-order chi connectivity index (χ0) is 36.8. The van der Waals surface area contributed by atoms with E-state index in [1.165, 1.54) is 0 Å². The molecule has 0 aromatic heterocycles. The third-order valence-corrected chi connectivity index (χ3v) is 8.17. The smallest absolute Gasteiger partial charge is 0.475 e. The molecular formula is C40H48BN3O7. The van der Waals surface area contributed by atoms with Gasteiger partial charge in [0.25, 0.3) is 0 Å². The van der Waals surface area contributed by atoms with Gasteiger partial charge in [0.2, 0.25) is 17.7 Å². The van der Waals surface area contributed by atoms with E-state index in [0.29, 0.717) is 35.8 Å². The molecule has 0 saturated carbocycles. The predicted molar refractivity (Wildman–Crippen MR) is 198 cm³/mol. The molecule has 5 N–H and O–H groups in total. The van der Waals surface area contributed by atoms with Crippen LogP contribution in [0.5, 0.6) is 17.2 Å². The molecule has 4 rings (SSSR count). The molecule has 0 aliphatic rings. The molecule has 10 nitrogen and oxygen atoms in total. The Morgan fingerprint density at radius 2 is 1.29 bits per heavy atom. The zero-order valence-electron chi connectivity index (χ0n) is 29.6. The van der Waals surface area contributed by atoms with Crippen molar-refractivity contribution < 1.29 is 33.9 Å². The van der Waals surface area contributed by atoms with Gasteiger partial charge >= 0.3 is 7.12 Å². The van der Waals surface area contributed by atoms with Gasteiger partial charge in [0.05, 0.1) is 12.4 Å². The minimum Gasteiger partial charge on any atom is -0.489 e. The summed E-state index contributed by atoms with van der Waals surface area (Å²) in [6.07, 6.45) is 0.469. The number of amides is 3. The third-order valence-electron chi connectivity index (χ3n) is 8.17. The van der Waals surface area contributed by atoms with Crippen LogP contribution in [0.15, 0.2) is 109 Å². The minimum absolute atomic E-state index is 0.0125. The van der Waals surface area contributed by atoms with E-state index in [0.717, 1.165) is 11.1 Å². The predicted octanol–water partition coefficient (Wildman–Crippen LogP) is 5.01. The number of hydrogen-bond donors (Lipinski definition) is 5. The van der Waals surface area contributed by atoms with E-state index in [4.69, 9.17) is 9.47 Å². The lowest BCUT2D eigenvalue weighted by atomic mass is 9.75. The molecule has 3 amide bonds. The SMILES string of the molecule is CC(C)C[C@@H](NC(=O)[C@@H](NC(=O)[C@H](Cc1ccc(OCc2ccccc2)cc1)NC(=O)Cc1cccc(Oc2ccccc2)c1)C(C)C)B(O)O. The maximum absolute atomic E-state index is 13.9. The van der Waals surface area contributed by atoms with E-state index < -0.39 is 37.0 Å². The molecule has 51 heavy (non-hydrogen) atoms. The van der Waals surface area contributed by atoms with Gasteiger partial charge in [0.1, 0.15) is 35.9 Å². The highest BCUT2D eigenvalue weighted by Crippen LogP contribution is 2.22. The van der Waals surface area contributed by atoms with Gasteiger partial charge in [-0.2, -0.15) is 0 Å². The third kappa shape index (κ3) is 12.9. The highest BCUT2D eigenvalue weighted by atomic mass is 16.5. The lowest BCUT2D eigenvalue weighted by Gasteiger charge is -2.28. The van der Waals surface area contributed by atoms with Crippen molar-refractivity contribution in [2.45, 2.75) is 71.6 Å². The first-order valence-electron chi connectivity index (χ1n) is 17.3. The van der Waals surface area contributed by atoms with E-state index in [1.807, 2.05) is 105 Å². The fraction of sp³-hybridized carbons (Fsp3) is 0.325. The van der Waals surface area contributed by atoms with Crippen molar-refractivity contribution in [3.05, 3.63) is 126 Å². The molecule has 0 aliphatic carbocycles. The normalized spacial score (nSPS) is 12.8. The first-order chi connectivity index (χ1) is 24.5. The summed E-state index contributed by atoms with van der Waals surface area (Å²) in [4.78, 5) is 40.7. The topological polar surface area (TPSA) is 146 Å². The van der Waals surface area contributed by atoms with Gasteiger partial charge in [-0.15, -0.1) is 0 Å². The second-order valence-electron chi connectivity index (χ2n) is 13.4. The number of rotatable bonds is 18. The van der Waals surface area contributed by atoms with Crippen molar-refractivity contribution in [2.75, 3.05) is 0 Å². The van der Waals surface area contributed by atoms with Crippen LogP contribution in [-0.4, -0.2) is 52.9 Å². The second kappa shape index (κ2) is 19.3. The number of ether oxygens (including phenoxy) is 2. The van der Waals surface area contributed by atoms with Crippen LogP contribution in [0, 0.1) is 11.8 Å². The summed E-state index contributed by atoms with van der Waals surface area (Å²) >= 11 is 0. The molecule has 0 saturated heterocycles. The lowest BCUT2D eigenvalue weighted by molar-refractivity contribution is -0.132. The van der Waals surface area contributed by atoms with Crippen LogP contribution in [-0.2, 0) is 33.8 Å². The summed E-state index contributed by atoms with van der Waals surface area (Å²) in [5, 5.41) is 28.1. The Bertz CT molecular complexity index is 1690. The highest BCUT2D eigenvalue weighted by Gasteiger charge is 2.33. The van der Waals surface area contributed by atoms with Crippen molar-refractivity contribution in [3.8, 4) is 17.2 Å². The summed E-state index contributed by atoms with van der Waals surface area (Å²) in [6.45, 7) is 7.78. The van der Waals surface area contributed by atoms with Crippen LogP contribution in [0.3, 0.4) is 0 Å². The van der Waals surface area contributed by atoms with Gasteiger partial charge in [0.15, 0.2) is 0 Å². The molecule has 0 heterocycles. The summed E-state index contributed by atoms with van der Waals surface area (Å²) in [5.74, 6) is -0.742. The number of nitrogens with one attached hydrogen (secondary N) is 3. The number of hydrogen-bond acceptors (Lipinski definition) is 7. The Morgan fingerprint density at radius 1 is 0.667 bits per heavy atom. The summed E-state index contributed by atoms with van der Waals surface area (Å²) in [6, 6.07) is 31.6. The van der Waals surface area contributed by atoms with E-state index in [1.54, 1.807) is 32.0 Å². The van der Waals surface area contributed by atoms with E-state index in [9.17, 15) is 24.4 Å². The molecular weight excluding hydrogens is 645 g/mol. The molecule has 11 heteroatoms. The first kappa shape index (κ1) is 38.7. The molecule has 0 bridgehead atoms. The lowest BCUT2D eigenvalue weighted by Crippen LogP contribution is -2.59. The van der Waals surface area contributed by atoms with Gasteiger partial charge in [-0.3, -0.25) is 14.4 Å². The largest absolute Gasteiger partial charge is 0.489 e. The van der Waals surface area contributed by atoms with Crippen molar-refractivity contribution in [3.63, 3.8) is 0 Å². The van der Waals surface area contributed by atoms with Crippen molar-refractivity contribution in [2.24, 2.45) is 11.8 Å². The maximum atomic E-state index is 13.9. The Morgan fingerprint density at radius 3 is 1.92 bits per heavy atom. The quantitative estimate of drug-likeness (QED) is 0.0922. The summed E-state index contributed by atoms with van der Waals surface area (Å²) in [7, 11) is -1.76. The number of benzene rings is 4. The fourth-order valence-electron chi connectivity index (χ4n) is 5.51. The van der Waals surface area contributed by atoms with Gasteiger partial charge in [-0.1, -0.05) is 100 Å². The Labute approximate surface area is 300 Å². The number of carbonyl (C=O) groups is 3. The number of para-hydroxylation sites is 1. The van der Waals surface area contributed by atoms with Crippen molar-refractivity contribution in [1.82, 2.24) is 16.0 Å². The van der Waals surface area contributed by atoms with Gasteiger partial charge < -0.3 is 35.5 Å². The standard InChI is InChI=1S/C40H48BN3O7/c1-27(2)22-36(41(48)49)43-40(47)38(28(3)4)44-39(46)35(24-29-18-20-32(21-19-29)50-26-30-12-7-5-8-13-30)42-37(45)25-31-14-11-17-34(23-31)51-33-15-9-6-10-16-33/h5-21,23,27-28,35-36,38,48-49H,22,24-26H2,1-4H3,(H,42,45)(H,43,47)(H,44,46)/t35-,36+,38-/m0/s1. The molecule has 268 valence electrons. The molecule has 4 aromatic rings. The van der Waals surface area contributed by atoms with Crippen molar-refractivity contribution >= 4 is 24.8 Å². The molecule has 0 fully saturated rings. The van der Waals surface area contributed by atoms with E-state index >= 15 is 0 Å². The van der Waals surface area contributed by atoms with Crippen LogP contribution < -0.4 is 25.4 Å². The minimum atomic E-state index is -1.76. The molecule has 0 spiro atoms. The van der Waals surface area contributed by atoms with Crippen LogP contribution in [0.2, 0.25) is 0 Å². The summed E-state index contributed by atoms with van der Waals surface area (Å²) in [5.41, 5.74) is 2.50. The summed E-state index contributed by atoms with van der Waals surface area (Å²) < 4.78 is 11.8. The Hall–Kier alpha value is -5.13. The fourth-order valence-corrected chi connectivity index (χ4v) is 5.51. The average Bonchev–Trinajstić information content (AvgIpc) is 3.10. The molecule has 4 aromatic carbocycles. The van der Waals surface area contributed by atoms with Crippen LogP contribution in [0.25, 0.3) is 0 Å². The second-order valence-corrected chi connectivity index (χ2v) is 13.4. The van der Waals surface area contributed by atoms with Crippen LogP contribution in [0.1, 0.15) is 50.8 Å². The van der Waals surface area contributed by atoms with Crippen LogP contribution in [0.4, 0.5) is 0 Å². The molecule has 0 unspecified atom stereocenters. The zero-order valence-corrected chi connectivity index (χ0v) is 29.6. The van der Waals surface area contributed by atoms with Gasteiger partial charge in [0, 0.05) is 6.42 Å². The van der Waals surface area contributed by atoms with Crippen molar-refractivity contribution in [1.29, 1.82) is 0 Å². The average molecular weight is 694 g/mol. The first-order valence-corrected chi connectivity index (χ1v) is 17.3. The van der Waals surface area contributed by atoms with Gasteiger partial charge in [-0.05, 0) is 71.3 Å². The Balaban J connectivity index is 1.49.